The lowest BCUT2D eigenvalue weighted by Gasteiger charge is -2.40. The van der Waals surface area contributed by atoms with E-state index in [4.69, 9.17) is 25.2 Å². The minimum absolute atomic E-state index is 0.0228. The second kappa shape index (κ2) is 11.0. The Balaban J connectivity index is 1.75. The van der Waals surface area contributed by atoms with Crippen LogP contribution in [0.4, 0.5) is 18.9 Å². The molecular weight excluding hydrogens is 603 g/mol. The molecule has 0 aliphatic carbocycles. The monoisotopic (exact) mass is 645 g/mol. The van der Waals surface area contributed by atoms with Crippen molar-refractivity contribution in [3.8, 4) is 6.07 Å². The van der Waals surface area contributed by atoms with Gasteiger partial charge in [-0.25, -0.2) is 22.8 Å². The molecule has 234 valence electrons. The van der Waals surface area contributed by atoms with E-state index in [-0.39, 0.29) is 51.7 Å². The molecule has 0 N–H and O–H groups in total. The Hall–Kier alpha value is -1.70. The van der Waals surface area contributed by atoms with Crippen molar-refractivity contribution in [2.24, 2.45) is 0 Å². The predicted octanol–water partition coefficient (Wildman–Crippen LogP) is 7.45. The Labute approximate surface area is 253 Å². The van der Waals surface area contributed by atoms with E-state index in [1.165, 1.54) is 15.8 Å². The van der Waals surface area contributed by atoms with Gasteiger partial charge in [-0.2, -0.15) is 10.4 Å². The SMILES string of the molecule is CC(C)(C)[Si](C)(C)OC[C@@H]1O[C@@H](n2ncc3c(N4CCC(F)(F)C4)c(C#N)c(Cl)nc32)[C@@H](F)[C@@H]1O[Si](C)(C)C(C)(C)C. The van der Waals surface area contributed by atoms with Gasteiger partial charge in [0.25, 0.3) is 5.92 Å². The molecule has 0 spiro atoms. The summed E-state index contributed by atoms with van der Waals surface area (Å²) < 4.78 is 65.6. The highest BCUT2D eigenvalue weighted by atomic mass is 35.5. The summed E-state index contributed by atoms with van der Waals surface area (Å²) in [4.78, 5) is 5.78. The minimum Gasteiger partial charge on any atom is -0.414 e. The lowest BCUT2D eigenvalue weighted by Crippen LogP contribution is -2.50. The van der Waals surface area contributed by atoms with Crippen molar-refractivity contribution in [1.29, 1.82) is 5.26 Å². The maximum absolute atomic E-state index is 16.6. The standard InChI is InChI=1S/C28H43ClF3N5O3Si2/c1-26(2,3)41(7,8)38-15-19-22(40-42(9,10)27(4,5)6)20(30)25(39-19)37-24-18(14-34-37)21(17(13-33)23(29)35-24)36-12-11-28(31,32)16-36/h14,19-20,22,25H,11-12,15-16H2,1-10H3/t19-,20-,22+,25+/m0/s1. The molecule has 4 atom stereocenters. The zero-order chi connectivity index (χ0) is 31.6. The highest BCUT2D eigenvalue weighted by Crippen LogP contribution is 2.45. The maximum Gasteiger partial charge on any atom is 0.266 e. The van der Waals surface area contributed by atoms with E-state index in [9.17, 15) is 14.0 Å². The normalized spacial score (nSPS) is 25.4. The summed E-state index contributed by atoms with van der Waals surface area (Å²) in [6.07, 6.45) is -3.46. The number of nitriles is 1. The van der Waals surface area contributed by atoms with E-state index in [2.05, 4.69) is 77.8 Å². The number of rotatable bonds is 7. The fourth-order valence-electron chi connectivity index (χ4n) is 4.75. The van der Waals surface area contributed by atoms with Crippen molar-refractivity contribution in [2.75, 3.05) is 24.6 Å². The lowest BCUT2D eigenvalue weighted by molar-refractivity contribution is -0.0470. The molecule has 8 nitrogen and oxygen atoms in total. The van der Waals surface area contributed by atoms with Crippen LogP contribution in [0.2, 0.25) is 41.4 Å². The van der Waals surface area contributed by atoms with E-state index in [1.807, 2.05) is 6.07 Å². The fourth-order valence-corrected chi connectivity index (χ4v) is 7.29. The van der Waals surface area contributed by atoms with Crippen LogP contribution in [0, 0.1) is 11.3 Å². The molecule has 2 aromatic rings. The summed E-state index contributed by atoms with van der Waals surface area (Å²) in [5.41, 5.74) is 0.343. The summed E-state index contributed by atoms with van der Waals surface area (Å²) in [6, 6.07) is 1.99. The van der Waals surface area contributed by atoms with Gasteiger partial charge in [-0.15, -0.1) is 0 Å². The number of hydrogen-bond donors (Lipinski definition) is 0. The van der Waals surface area contributed by atoms with Crippen LogP contribution in [-0.2, 0) is 13.6 Å². The van der Waals surface area contributed by atoms with Crippen molar-refractivity contribution in [3.05, 3.63) is 16.9 Å². The summed E-state index contributed by atoms with van der Waals surface area (Å²) in [5, 5.41) is 14.1. The number of anilines is 1. The minimum atomic E-state index is -2.91. The number of fused-ring (bicyclic) bond motifs is 1. The number of halogens is 4. The van der Waals surface area contributed by atoms with E-state index in [0.29, 0.717) is 5.39 Å². The van der Waals surface area contributed by atoms with Gasteiger partial charge in [0.2, 0.25) is 0 Å². The third kappa shape index (κ3) is 6.12. The molecule has 0 bridgehead atoms. The van der Waals surface area contributed by atoms with Crippen LogP contribution in [0.25, 0.3) is 11.0 Å². The Morgan fingerprint density at radius 3 is 2.29 bits per heavy atom. The van der Waals surface area contributed by atoms with Gasteiger partial charge in [0.05, 0.1) is 30.4 Å². The van der Waals surface area contributed by atoms with Gasteiger partial charge in [-0.1, -0.05) is 53.1 Å². The first-order valence-corrected chi connectivity index (χ1v) is 20.5. The quantitative estimate of drug-likeness (QED) is 0.228. The van der Waals surface area contributed by atoms with E-state index < -0.39 is 53.7 Å². The number of hydrogen-bond acceptors (Lipinski definition) is 7. The first kappa shape index (κ1) is 33.2. The van der Waals surface area contributed by atoms with Gasteiger partial charge in [0, 0.05) is 13.0 Å². The van der Waals surface area contributed by atoms with E-state index in [0.717, 1.165) is 0 Å². The molecule has 2 fully saturated rings. The third-order valence-electron chi connectivity index (χ3n) is 9.43. The van der Waals surface area contributed by atoms with Gasteiger partial charge in [0.15, 0.2) is 39.8 Å². The maximum atomic E-state index is 16.6. The summed E-state index contributed by atoms with van der Waals surface area (Å²) >= 11 is 6.41. The van der Waals surface area contributed by atoms with Gasteiger partial charge >= 0.3 is 0 Å². The van der Waals surface area contributed by atoms with Gasteiger partial charge < -0.3 is 18.5 Å². The second-order valence-electron chi connectivity index (χ2n) is 14.5. The molecule has 0 unspecified atom stereocenters. The molecule has 0 aromatic carbocycles. The van der Waals surface area contributed by atoms with Crippen LogP contribution in [0.3, 0.4) is 0 Å². The van der Waals surface area contributed by atoms with Crippen molar-refractivity contribution in [2.45, 2.75) is 115 Å². The van der Waals surface area contributed by atoms with Gasteiger partial charge in [-0.3, -0.25) is 0 Å². The third-order valence-corrected chi connectivity index (χ3v) is 18.7. The predicted molar refractivity (Wildman–Crippen MR) is 163 cm³/mol. The highest BCUT2D eigenvalue weighted by molar-refractivity contribution is 6.74. The number of aromatic nitrogens is 3. The number of nitrogens with zero attached hydrogens (tertiary/aromatic N) is 5. The second-order valence-corrected chi connectivity index (χ2v) is 24.4. The van der Waals surface area contributed by atoms with Crippen LogP contribution in [-0.4, -0.2) is 75.4 Å². The molecule has 2 aliphatic heterocycles. The Kier molecular flexibility index (Phi) is 8.72. The Morgan fingerprint density at radius 1 is 1.14 bits per heavy atom. The first-order chi connectivity index (χ1) is 19.1. The molecule has 2 aliphatic rings. The fraction of sp³-hybridized carbons (Fsp3) is 0.750. The Bertz CT molecular complexity index is 1370. The van der Waals surface area contributed by atoms with E-state index >= 15 is 4.39 Å². The van der Waals surface area contributed by atoms with Crippen LogP contribution < -0.4 is 4.90 Å². The van der Waals surface area contributed by atoms with E-state index in [1.54, 1.807) is 0 Å². The molecule has 0 radical (unpaired) electrons. The Morgan fingerprint density at radius 2 is 1.76 bits per heavy atom. The van der Waals surface area contributed by atoms with Crippen molar-refractivity contribution in [1.82, 2.24) is 14.8 Å². The van der Waals surface area contributed by atoms with Crippen LogP contribution in [0.1, 0.15) is 59.8 Å². The first-order valence-electron chi connectivity index (χ1n) is 14.3. The van der Waals surface area contributed by atoms with Crippen LogP contribution >= 0.6 is 11.6 Å². The molecule has 14 heteroatoms. The molecule has 2 aromatic heterocycles. The number of ether oxygens (including phenoxy) is 1. The summed E-state index contributed by atoms with van der Waals surface area (Å²) in [7, 11) is -4.64. The molecule has 0 amide bonds. The molecule has 2 saturated heterocycles. The average Bonchev–Trinajstić information content (AvgIpc) is 3.50. The highest BCUT2D eigenvalue weighted by Gasteiger charge is 2.53. The van der Waals surface area contributed by atoms with Crippen LogP contribution in [0.15, 0.2) is 6.20 Å². The lowest BCUT2D eigenvalue weighted by atomic mass is 10.1. The molecular formula is C28H43ClF3N5O3Si2. The largest absolute Gasteiger partial charge is 0.414 e. The van der Waals surface area contributed by atoms with Gasteiger partial charge in [0.1, 0.15) is 23.8 Å². The van der Waals surface area contributed by atoms with Crippen molar-refractivity contribution < 1.29 is 26.8 Å². The number of alkyl halides is 3. The molecule has 4 heterocycles. The summed E-state index contributed by atoms with van der Waals surface area (Å²) in [6.45, 7) is 20.6. The van der Waals surface area contributed by atoms with Crippen LogP contribution in [0.5, 0.6) is 0 Å². The average molecular weight is 646 g/mol. The zero-order valence-corrected chi connectivity index (χ0v) is 28.9. The number of pyridine rings is 1. The zero-order valence-electron chi connectivity index (χ0n) is 26.2. The topological polar surface area (TPSA) is 85.4 Å². The van der Waals surface area contributed by atoms with Crippen molar-refractivity contribution >= 4 is 45.0 Å². The van der Waals surface area contributed by atoms with Crippen molar-refractivity contribution in [3.63, 3.8) is 0 Å². The summed E-state index contributed by atoms with van der Waals surface area (Å²) in [5.74, 6) is -2.91. The molecule has 4 rings (SSSR count). The molecule has 0 saturated carbocycles. The smallest absolute Gasteiger partial charge is 0.266 e. The van der Waals surface area contributed by atoms with Gasteiger partial charge in [-0.05, 0) is 36.3 Å². The molecule has 42 heavy (non-hydrogen) atoms.